The second-order valence-corrected chi connectivity index (χ2v) is 6.58. The highest BCUT2D eigenvalue weighted by Gasteiger charge is 2.15. The number of nitrogens with zero attached hydrogens (tertiary/aromatic N) is 2. The highest BCUT2D eigenvalue weighted by molar-refractivity contribution is 7.13. The van der Waals surface area contributed by atoms with E-state index in [1.54, 1.807) is 11.3 Å². The molecule has 1 aliphatic heterocycles. The van der Waals surface area contributed by atoms with E-state index in [1.165, 1.54) is 36.4 Å². The lowest BCUT2D eigenvalue weighted by Gasteiger charge is -2.18. The fourth-order valence-electron chi connectivity index (χ4n) is 2.84. The fraction of sp³-hybridized carbons (Fsp3) is 0.471. The van der Waals surface area contributed by atoms with Crippen molar-refractivity contribution >= 4 is 16.5 Å². The molecular weight excluding hydrogens is 278 g/mol. The van der Waals surface area contributed by atoms with E-state index in [0.29, 0.717) is 0 Å². The largest absolute Gasteiger partial charge is 0.348 e. The Labute approximate surface area is 130 Å². The molecule has 4 heteroatoms. The first-order valence-corrected chi connectivity index (χ1v) is 8.71. The zero-order valence-corrected chi connectivity index (χ0v) is 13.2. The molecule has 3 nitrogen and oxygen atoms in total. The van der Waals surface area contributed by atoms with Gasteiger partial charge in [0.1, 0.15) is 0 Å². The minimum Gasteiger partial charge on any atom is -0.348 e. The number of benzene rings is 1. The molecule has 0 radical (unpaired) electrons. The first-order valence-electron chi connectivity index (χ1n) is 7.83. The van der Waals surface area contributed by atoms with Crippen molar-refractivity contribution in [3.05, 3.63) is 47.0 Å². The summed E-state index contributed by atoms with van der Waals surface area (Å²) in [4.78, 5) is 7.25. The summed E-state index contributed by atoms with van der Waals surface area (Å²) in [7, 11) is 0. The van der Waals surface area contributed by atoms with E-state index in [9.17, 15) is 0 Å². The van der Waals surface area contributed by atoms with Crippen LogP contribution in [0.1, 0.15) is 43.0 Å². The SMILES string of the molecule is NC(Cc1csc(N2CCCCCC2)n1)c1ccccc1. The molecule has 0 saturated carbocycles. The molecule has 2 aromatic rings. The van der Waals surface area contributed by atoms with Crippen molar-refractivity contribution in [1.82, 2.24) is 4.98 Å². The Hall–Kier alpha value is -1.39. The number of anilines is 1. The van der Waals surface area contributed by atoms with Gasteiger partial charge in [0.15, 0.2) is 5.13 Å². The van der Waals surface area contributed by atoms with Crippen LogP contribution in [0.5, 0.6) is 0 Å². The summed E-state index contributed by atoms with van der Waals surface area (Å²) < 4.78 is 0. The third-order valence-corrected chi connectivity index (χ3v) is 5.02. The van der Waals surface area contributed by atoms with E-state index in [0.717, 1.165) is 25.2 Å². The van der Waals surface area contributed by atoms with E-state index in [4.69, 9.17) is 10.7 Å². The lowest BCUT2D eigenvalue weighted by Crippen LogP contribution is -2.23. The minimum absolute atomic E-state index is 0.0327. The average molecular weight is 301 g/mol. The van der Waals surface area contributed by atoms with Crippen molar-refractivity contribution < 1.29 is 0 Å². The predicted octanol–water partition coefficient (Wildman–Crippen LogP) is 3.77. The van der Waals surface area contributed by atoms with Crippen LogP contribution in [0, 0.1) is 0 Å². The Morgan fingerprint density at radius 1 is 1.10 bits per heavy atom. The van der Waals surface area contributed by atoms with Gasteiger partial charge in [-0.05, 0) is 18.4 Å². The Morgan fingerprint density at radius 2 is 1.81 bits per heavy atom. The van der Waals surface area contributed by atoms with Gasteiger partial charge in [0.05, 0.1) is 5.69 Å². The number of hydrogen-bond donors (Lipinski definition) is 1. The van der Waals surface area contributed by atoms with Crippen LogP contribution in [-0.4, -0.2) is 18.1 Å². The molecular formula is C17H23N3S. The Balaban J connectivity index is 1.64. The Morgan fingerprint density at radius 3 is 2.52 bits per heavy atom. The number of hydrogen-bond acceptors (Lipinski definition) is 4. The number of nitrogens with two attached hydrogens (primary N) is 1. The van der Waals surface area contributed by atoms with Crippen molar-refractivity contribution in [2.75, 3.05) is 18.0 Å². The fourth-order valence-corrected chi connectivity index (χ4v) is 3.73. The molecule has 21 heavy (non-hydrogen) atoms. The second-order valence-electron chi connectivity index (χ2n) is 5.74. The molecule has 1 aromatic carbocycles. The molecule has 0 aliphatic carbocycles. The van der Waals surface area contributed by atoms with Gasteiger partial charge < -0.3 is 10.6 Å². The van der Waals surface area contributed by atoms with Gasteiger partial charge in [0.25, 0.3) is 0 Å². The molecule has 1 aromatic heterocycles. The molecule has 0 bridgehead atoms. The maximum absolute atomic E-state index is 6.29. The van der Waals surface area contributed by atoms with Crippen LogP contribution in [0.4, 0.5) is 5.13 Å². The Kier molecular flexibility index (Phi) is 4.88. The smallest absolute Gasteiger partial charge is 0.185 e. The molecule has 1 unspecified atom stereocenters. The summed E-state index contributed by atoms with van der Waals surface area (Å²) in [5.41, 5.74) is 8.59. The van der Waals surface area contributed by atoms with Crippen molar-refractivity contribution in [3.63, 3.8) is 0 Å². The first kappa shape index (κ1) is 14.5. The van der Waals surface area contributed by atoms with Crippen LogP contribution >= 0.6 is 11.3 Å². The molecule has 1 atom stereocenters. The van der Waals surface area contributed by atoms with E-state index in [1.807, 2.05) is 18.2 Å². The zero-order chi connectivity index (χ0) is 14.5. The lowest BCUT2D eigenvalue weighted by atomic mass is 10.0. The van der Waals surface area contributed by atoms with Crippen LogP contribution in [0.25, 0.3) is 0 Å². The van der Waals surface area contributed by atoms with Crippen molar-refractivity contribution in [1.29, 1.82) is 0 Å². The van der Waals surface area contributed by atoms with E-state index >= 15 is 0 Å². The van der Waals surface area contributed by atoms with E-state index < -0.39 is 0 Å². The van der Waals surface area contributed by atoms with Crippen LogP contribution in [0.2, 0.25) is 0 Å². The third-order valence-electron chi connectivity index (χ3n) is 4.07. The summed E-state index contributed by atoms with van der Waals surface area (Å²) >= 11 is 1.76. The van der Waals surface area contributed by atoms with Gasteiger partial charge >= 0.3 is 0 Å². The molecule has 1 aliphatic rings. The highest BCUT2D eigenvalue weighted by atomic mass is 32.1. The minimum atomic E-state index is 0.0327. The van der Waals surface area contributed by atoms with Gasteiger partial charge in [-0.25, -0.2) is 4.98 Å². The normalized spacial score (nSPS) is 17.5. The summed E-state index contributed by atoms with van der Waals surface area (Å²) in [6.45, 7) is 2.30. The second kappa shape index (κ2) is 7.05. The van der Waals surface area contributed by atoms with Crippen LogP contribution in [-0.2, 0) is 6.42 Å². The molecule has 0 amide bonds. The van der Waals surface area contributed by atoms with Crippen molar-refractivity contribution in [2.45, 2.75) is 38.1 Å². The predicted molar refractivity (Wildman–Crippen MR) is 89.9 cm³/mol. The van der Waals surface area contributed by atoms with Crippen LogP contribution < -0.4 is 10.6 Å². The third kappa shape index (κ3) is 3.83. The van der Waals surface area contributed by atoms with Gasteiger partial charge in [-0.2, -0.15) is 0 Å². The maximum atomic E-state index is 6.29. The number of rotatable bonds is 4. The quantitative estimate of drug-likeness (QED) is 0.935. The summed E-state index contributed by atoms with van der Waals surface area (Å²) in [6.07, 6.45) is 6.10. The van der Waals surface area contributed by atoms with Crippen molar-refractivity contribution in [3.8, 4) is 0 Å². The van der Waals surface area contributed by atoms with Crippen molar-refractivity contribution in [2.24, 2.45) is 5.73 Å². The van der Waals surface area contributed by atoms with E-state index in [-0.39, 0.29) is 6.04 Å². The molecule has 2 N–H and O–H groups in total. The average Bonchev–Trinajstić information content (AvgIpc) is 2.81. The van der Waals surface area contributed by atoms with Gasteiger partial charge in [-0.15, -0.1) is 11.3 Å². The number of aromatic nitrogens is 1. The standard InChI is InChI=1S/C17H23N3S/c18-16(14-8-4-3-5-9-14)12-15-13-21-17(19-15)20-10-6-1-2-7-11-20/h3-5,8-9,13,16H,1-2,6-7,10-12,18H2. The van der Waals surface area contributed by atoms with Crippen LogP contribution in [0.15, 0.2) is 35.7 Å². The highest BCUT2D eigenvalue weighted by Crippen LogP contribution is 2.25. The number of thiazole rings is 1. The molecule has 3 rings (SSSR count). The summed E-state index contributed by atoms with van der Waals surface area (Å²) in [6, 6.07) is 10.3. The van der Waals surface area contributed by atoms with E-state index in [2.05, 4.69) is 22.4 Å². The molecule has 112 valence electrons. The molecule has 1 saturated heterocycles. The first-order chi connectivity index (χ1) is 10.3. The molecule has 0 spiro atoms. The zero-order valence-electron chi connectivity index (χ0n) is 12.4. The maximum Gasteiger partial charge on any atom is 0.185 e. The monoisotopic (exact) mass is 301 g/mol. The Bertz CT molecular complexity index is 544. The molecule has 2 heterocycles. The van der Waals surface area contributed by atoms with Gasteiger partial charge in [0.2, 0.25) is 0 Å². The summed E-state index contributed by atoms with van der Waals surface area (Å²) in [5, 5.41) is 3.34. The van der Waals surface area contributed by atoms with Gasteiger partial charge in [0, 0.05) is 30.9 Å². The molecule has 1 fully saturated rings. The topological polar surface area (TPSA) is 42.1 Å². The lowest BCUT2D eigenvalue weighted by molar-refractivity contribution is 0.707. The van der Waals surface area contributed by atoms with Gasteiger partial charge in [-0.1, -0.05) is 43.2 Å². The van der Waals surface area contributed by atoms with Gasteiger partial charge in [-0.3, -0.25) is 0 Å². The summed E-state index contributed by atoms with van der Waals surface area (Å²) in [5.74, 6) is 0. The van der Waals surface area contributed by atoms with Crippen LogP contribution in [0.3, 0.4) is 0 Å².